The SMILES string of the molecule is O=C([C@@H]1CCCN(C(=O)[C@@H]2C[C@@H]2c2ccco2)C1)N1CCCCC1. The molecule has 0 bridgehead atoms. The molecule has 0 aromatic carbocycles. The van der Waals surface area contributed by atoms with E-state index in [2.05, 4.69) is 0 Å². The standard InChI is InChI=1S/C19H26N2O3/c22-18(20-8-2-1-3-9-20)14-6-4-10-21(13-14)19(23)16-12-15(16)17-7-5-11-24-17/h5,7,11,14-16H,1-4,6,8-10,12-13H2/t14-,15+,16-/m1/s1. The summed E-state index contributed by atoms with van der Waals surface area (Å²) in [5.74, 6) is 1.71. The van der Waals surface area contributed by atoms with Crippen LogP contribution in [0, 0.1) is 11.8 Å². The van der Waals surface area contributed by atoms with Gasteiger partial charge in [0.15, 0.2) is 0 Å². The number of hydrogen-bond donors (Lipinski definition) is 0. The number of carbonyl (C=O) groups is 2. The molecular weight excluding hydrogens is 304 g/mol. The molecule has 0 unspecified atom stereocenters. The third-order valence-electron chi connectivity index (χ3n) is 5.77. The van der Waals surface area contributed by atoms with Gasteiger partial charge in [0.2, 0.25) is 11.8 Å². The molecule has 2 saturated heterocycles. The number of likely N-dealkylation sites (tertiary alicyclic amines) is 2. The van der Waals surface area contributed by atoms with Crippen molar-refractivity contribution in [2.24, 2.45) is 11.8 Å². The summed E-state index contributed by atoms with van der Waals surface area (Å²) in [4.78, 5) is 29.5. The van der Waals surface area contributed by atoms with Crippen LogP contribution in [0.1, 0.15) is 50.2 Å². The number of furan rings is 1. The number of carbonyl (C=O) groups excluding carboxylic acids is 2. The van der Waals surface area contributed by atoms with E-state index in [1.807, 2.05) is 21.9 Å². The van der Waals surface area contributed by atoms with E-state index < -0.39 is 0 Å². The monoisotopic (exact) mass is 330 g/mol. The van der Waals surface area contributed by atoms with Crippen LogP contribution in [0.5, 0.6) is 0 Å². The van der Waals surface area contributed by atoms with E-state index in [1.165, 1.54) is 6.42 Å². The van der Waals surface area contributed by atoms with Crippen LogP contribution in [-0.4, -0.2) is 47.8 Å². The minimum absolute atomic E-state index is 0.00149. The van der Waals surface area contributed by atoms with Crippen molar-refractivity contribution >= 4 is 11.8 Å². The van der Waals surface area contributed by atoms with Crippen LogP contribution in [0.15, 0.2) is 22.8 Å². The van der Waals surface area contributed by atoms with E-state index >= 15 is 0 Å². The van der Waals surface area contributed by atoms with Crippen LogP contribution < -0.4 is 0 Å². The molecule has 1 aromatic heterocycles. The maximum atomic E-state index is 12.8. The molecule has 1 saturated carbocycles. The number of nitrogens with zero attached hydrogens (tertiary/aromatic N) is 2. The number of hydrogen-bond acceptors (Lipinski definition) is 3. The van der Waals surface area contributed by atoms with Gasteiger partial charge >= 0.3 is 0 Å². The summed E-state index contributed by atoms with van der Waals surface area (Å²) in [6, 6.07) is 3.83. The zero-order valence-corrected chi connectivity index (χ0v) is 14.2. The maximum absolute atomic E-state index is 12.8. The van der Waals surface area contributed by atoms with Crippen LogP contribution in [0.2, 0.25) is 0 Å². The van der Waals surface area contributed by atoms with Crippen molar-refractivity contribution in [2.75, 3.05) is 26.2 Å². The Balaban J connectivity index is 1.35. The van der Waals surface area contributed by atoms with Crippen molar-refractivity contribution < 1.29 is 14.0 Å². The molecule has 24 heavy (non-hydrogen) atoms. The van der Waals surface area contributed by atoms with Crippen LogP contribution in [0.4, 0.5) is 0 Å². The smallest absolute Gasteiger partial charge is 0.227 e. The predicted molar refractivity (Wildman–Crippen MR) is 89.3 cm³/mol. The summed E-state index contributed by atoms with van der Waals surface area (Å²) in [6.07, 6.45) is 7.88. The number of rotatable bonds is 3. The van der Waals surface area contributed by atoms with Crippen LogP contribution in [0.25, 0.3) is 0 Å². The van der Waals surface area contributed by atoms with Crippen molar-refractivity contribution in [3.63, 3.8) is 0 Å². The molecule has 3 aliphatic rings. The van der Waals surface area contributed by atoms with E-state index in [0.717, 1.165) is 57.5 Å². The highest BCUT2D eigenvalue weighted by Gasteiger charge is 2.48. The second kappa shape index (κ2) is 6.61. The fourth-order valence-electron chi connectivity index (χ4n) is 4.27. The van der Waals surface area contributed by atoms with Crippen molar-refractivity contribution in [3.8, 4) is 0 Å². The molecule has 1 aromatic rings. The lowest BCUT2D eigenvalue weighted by Crippen LogP contribution is -2.48. The second-order valence-corrected chi connectivity index (χ2v) is 7.47. The first-order chi connectivity index (χ1) is 11.7. The normalized spacial score (nSPS) is 30.2. The zero-order valence-electron chi connectivity index (χ0n) is 14.2. The molecule has 1 aliphatic carbocycles. The van der Waals surface area contributed by atoms with E-state index in [9.17, 15) is 9.59 Å². The van der Waals surface area contributed by atoms with Gasteiger partial charge in [0.1, 0.15) is 5.76 Å². The average Bonchev–Trinajstić information content (AvgIpc) is 3.25. The summed E-state index contributed by atoms with van der Waals surface area (Å²) in [5.41, 5.74) is 0. The Kier molecular flexibility index (Phi) is 4.33. The first-order valence-electron chi connectivity index (χ1n) is 9.35. The maximum Gasteiger partial charge on any atom is 0.227 e. The molecule has 3 atom stereocenters. The molecule has 2 aliphatic heterocycles. The number of amides is 2. The summed E-state index contributed by atoms with van der Waals surface area (Å²) in [7, 11) is 0. The van der Waals surface area contributed by atoms with Gasteiger partial charge in [0.05, 0.1) is 12.2 Å². The summed E-state index contributed by atoms with van der Waals surface area (Å²) in [5, 5.41) is 0. The second-order valence-electron chi connectivity index (χ2n) is 7.47. The highest BCUT2D eigenvalue weighted by Crippen LogP contribution is 2.48. The molecule has 0 N–H and O–H groups in total. The van der Waals surface area contributed by atoms with Crippen LogP contribution >= 0.6 is 0 Å². The van der Waals surface area contributed by atoms with Gasteiger partial charge in [-0.05, 0) is 50.7 Å². The minimum Gasteiger partial charge on any atom is -0.469 e. The van der Waals surface area contributed by atoms with Gasteiger partial charge in [-0.2, -0.15) is 0 Å². The molecular formula is C19H26N2O3. The fraction of sp³-hybridized carbons (Fsp3) is 0.684. The van der Waals surface area contributed by atoms with Gasteiger partial charge in [0.25, 0.3) is 0 Å². The Labute approximate surface area is 143 Å². The van der Waals surface area contributed by atoms with Gasteiger partial charge in [0, 0.05) is 38.0 Å². The summed E-state index contributed by atoms with van der Waals surface area (Å²) < 4.78 is 5.43. The summed E-state index contributed by atoms with van der Waals surface area (Å²) >= 11 is 0. The van der Waals surface area contributed by atoms with Gasteiger partial charge in [-0.25, -0.2) is 0 Å². The Morgan fingerprint density at radius 2 is 1.79 bits per heavy atom. The lowest BCUT2D eigenvalue weighted by molar-refractivity contribution is -0.142. The van der Waals surface area contributed by atoms with Gasteiger partial charge in [-0.1, -0.05) is 0 Å². The third kappa shape index (κ3) is 3.08. The predicted octanol–water partition coefficient (Wildman–Crippen LogP) is 2.63. The lowest BCUT2D eigenvalue weighted by Gasteiger charge is -2.36. The van der Waals surface area contributed by atoms with E-state index in [4.69, 9.17) is 4.42 Å². The lowest BCUT2D eigenvalue weighted by atomic mass is 9.95. The Bertz CT molecular complexity index is 592. The molecule has 5 heteroatoms. The quantitative estimate of drug-likeness (QED) is 0.856. The Hall–Kier alpha value is -1.78. The minimum atomic E-state index is 0.00149. The molecule has 3 heterocycles. The van der Waals surface area contributed by atoms with Crippen molar-refractivity contribution in [3.05, 3.63) is 24.2 Å². The number of piperidine rings is 2. The topological polar surface area (TPSA) is 53.8 Å². The molecule has 5 nitrogen and oxygen atoms in total. The van der Waals surface area contributed by atoms with Gasteiger partial charge < -0.3 is 14.2 Å². The van der Waals surface area contributed by atoms with Crippen molar-refractivity contribution in [1.29, 1.82) is 0 Å². The Morgan fingerprint density at radius 3 is 2.54 bits per heavy atom. The molecule has 2 amide bonds. The van der Waals surface area contributed by atoms with Crippen LogP contribution in [0.3, 0.4) is 0 Å². The van der Waals surface area contributed by atoms with E-state index in [-0.39, 0.29) is 29.6 Å². The molecule has 0 spiro atoms. The van der Waals surface area contributed by atoms with Crippen LogP contribution in [-0.2, 0) is 9.59 Å². The molecule has 3 fully saturated rings. The summed E-state index contributed by atoms with van der Waals surface area (Å²) in [6.45, 7) is 3.19. The molecule has 4 rings (SSSR count). The molecule has 130 valence electrons. The zero-order chi connectivity index (χ0) is 16.5. The third-order valence-corrected chi connectivity index (χ3v) is 5.77. The molecule has 0 radical (unpaired) electrons. The Morgan fingerprint density at radius 1 is 1.00 bits per heavy atom. The first-order valence-corrected chi connectivity index (χ1v) is 9.35. The van der Waals surface area contributed by atoms with Gasteiger partial charge in [-0.3, -0.25) is 9.59 Å². The van der Waals surface area contributed by atoms with Crippen molar-refractivity contribution in [1.82, 2.24) is 9.80 Å². The van der Waals surface area contributed by atoms with E-state index in [0.29, 0.717) is 6.54 Å². The highest BCUT2D eigenvalue weighted by atomic mass is 16.3. The fourth-order valence-corrected chi connectivity index (χ4v) is 4.27. The van der Waals surface area contributed by atoms with E-state index in [1.54, 1.807) is 6.26 Å². The first kappa shape index (κ1) is 15.7. The van der Waals surface area contributed by atoms with Crippen molar-refractivity contribution in [2.45, 2.75) is 44.4 Å². The largest absolute Gasteiger partial charge is 0.469 e. The highest BCUT2D eigenvalue weighted by molar-refractivity contribution is 5.84. The van der Waals surface area contributed by atoms with Gasteiger partial charge in [-0.15, -0.1) is 0 Å². The average molecular weight is 330 g/mol.